The molecule has 2 aromatic carbocycles. The smallest absolute Gasteiger partial charge is 0.185 e. The minimum absolute atomic E-state index is 0.103. The predicted molar refractivity (Wildman–Crippen MR) is 95.5 cm³/mol. The Bertz CT molecular complexity index is 859. The molecule has 24 heavy (non-hydrogen) atoms. The molecule has 1 aromatic heterocycles. The highest BCUT2D eigenvalue weighted by atomic mass is 35.5. The number of ketones is 1. The Kier molecular flexibility index (Phi) is 4.82. The van der Waals surface area contributed by atoms with E-state index in [2.05, 4.69) is 0 Å². The Morgan fingerprint density at radius 3 is 2.38 bits per heavy atom. The summed E-state index contributed by atoms with van der Waals surface area (Å²) in [5, 5.41) is 0.602. The highest BCUT2D eigenvalue weighted by Gasteiger charge is 2.05. The topological polar surface area (TPSA) is 39.4 Å². The van der Waals surface area contributed by atoms with Gasteiger partial charge in [0, 0.05) is 16.1 Å². The molecule has 0 unspecified atom stereocenters. The maximum Gasteiger partial charge on any atom is 0.185 e. The van der Waals surface area contributed by atoms with E-state index in [0.717, 1.165) is 17.1 Å². The molecule has 4 heteroatoms. The van der Waals surface area contributed by atoms with E-state index in [1.165, 1.54) is 6.08 Å². The average Bonchev–Trinajstić information content (AvgIpc) is 3.09. The molecule has 120 valence electrons. The highest BCUT2D eigenvalue weighted by molar-refractivity contribution is 6.30. The van der Waals surface area contributed by atoms with Crippen molar-refractivity contribution in [3.05, 3.63) is 83.1 Å². The van der Waals surface area contributed by atoms with Crippen molar-refractivity contribution in [3.8, 4) is 17.1 Å². The molecular weight excluding hydrogens is 324 g/mol. The van der Waals surface area contributed by atoms with Gasteiger partial charge >= 0.3 is 0 Å². The molecule has 0 amide bonds. The predicted octanol–water partition coefficient (Wildman–Crippen LogP) is 5.50. The van der Waals surface area contributed by atoms with E-state index in [9.17, 15) is 4.79 Å². The zero-order valence-corrected chi connectivity index (χ0v) is 13.8. The number of hydrogen-bond acceptors (Lipinski definition) is 3. The highest BCUT2D eigenvalue weighted by Crippen LogP contribution is 2.25. The minimum atomic E-state index is -0.103. The van der Waals surface area contributed by atoms with E-state index in [1.54, 1.807) is 37.5 Å². The molecule has 0 N–H and O–H groups in total. The standard InChI is InChI=1S/C20H15ClO3/c1-23-17-8-4-15(5-9-17)20-13-11-18(24-20)10-12-19(22)14-2-6-16(21)7-3-14/h2-13H,1H3. The fourth-order valence-corrected chi connectivity index (χ4v) is 2.35. The Labute approximate surface area is 145 Å². The van der Waals surface area contributed by atoms with Crippen LogP contribution in [-0.2, 0) is 0 Å². The maximum atomic E-state index is 12.1. The lowest BCUT2D eigenvalue weighted by molar-refractivity contribution is 0.104. The molecular formula is C20H15ClO3. The largest absolute Gasteiger partial charge is 0.497 e. The van der Waals surface area contributed by atoms with Gasteiger partial charge in [0.2, 0.25) is 0 Å². The molecule has 0 aliphatic carbocycles. The number of halogens is 1. The van der Waals surface area contributed by atoms with Gasteiger partial charge < -0.3 is 9.15 Å². The second-order valence-electron chi connectivity index (χ2n) is 5.13. The molecule has 0 atom stereocenters. The molecule has 0 bridgehead atoms. The summed E-state index contributed by atoms with van der Waals surface area (Å²) in [5.41, 5.74) is 1.53. The molecule has 0 radical (unpaired) electrons. The van der Waals surface area contributed by atoms with E-state index in [-0.39, 0.29) is 5.78 Å². The molecule has 0 spiro atoms. The summed E-state index contributed by atoms with van der Waals surface area (Å²) in [5.74, 6) is 2.03. The lowest BCUT2D eigenvalue weighted by Gasteiger charge is -2.00. The number of carbonyl (C=O) groups is 1. The average molecular weight is 339 g/mol. The quantitative estimate of drug-likeness (QED) is 0.455. The summed E-state index contributed by atoms with van der Waals surface area (Å²) in [6, 6.07) is 18.1. The molecule has 0 fully saturated rings. The normalized spacial score (nSPS) is 10.9. The number of carbonyl (C=O) groups excluding carboxylic acids is 1. The molecule has 1 heterocycles. The number of rotatable bonds is 5. The van der Waals surface area contributed by atoms with Gasteiger partial charge in [0.1, 0.15) is 17.3 Å². The molecule has 0 saturated heterocycles. The van der Waals surface area contributed by atoms with E-state index in [4.69, 9.17) is 20.8 Å². The van der Waals surface area contributed by atoms with Gasteiger partial charge in [-0.2, -0.15) is 0 Å². The SMILES string of the molecule is COc1ccc(-c2ccc(C=CC(=O)c3ccc(Cl)cc3)o2)cc1. The molecule has 0 aliphatic heterocycles. The van der Waals surface area contributed by atoms with E-state index < -0.39 is 0 Å². The van der Waals surface area contributed by atoms with Crippen molar-refractivity contribution in [2.75, 3.05) is 7.11 Å². The van der Waals surface area contributed by atoms with E-state index >= 15 is 0 Å². The van der Waals surface area contributed by atoms with Crippen molar-refractivity contribution in [1.82, 2.24) is 0 Å². The van der Waals surface area contributed by atoms with Gasteiger partial charge in [-0.25, -0.2) is 0 Å². The van der Waals surface area contributed by atoms with Crippen LogP contribution in [0.25, 0.3) is 17.4 Å². The zero-order valence-electron chi connectivity index (χ0n) is 13.0. The molecule has 0 saturated carbocycles. The van der Waals surface area contributed by atoms with Crippen LogP contribution in [-0.4, -0.2) is 12.9 Å². The van der Waals surface area contributed by atoms with Crippen molar-refractivity contribution in [2.45, 2.75) is 0 Å². The second-order valence-corrected chi connectivity index (χ2v) is 5.57. The van der Waals surface area contributed by atoms with Crippen molar-refractivity contribution < 1.29 is 13.9 Å². The maximum absolute atomic E-state index is 12.1. The first-order valence-corrected chi connectivity index (χ1v) is 7.76. The lowest BCUT2D eigenvalue weighted by Crippen LogP contribution is -1.92. The lowest BCUT2D eigenvalue weighted by atomic mass is 10.1. The number of methoxy groups -OCH3 is 1. The van der Waals surface area contributed by atoms with Crippen molar-refractivity contribution in [3.63, 3.8) is 0 Å². The Morgan fingerprint density at radius 2 is 1.71 bits per heavy atom. The minimum Gasteiger partial charge on any atom is -0.497 e. The van der Waals surface area contributed by atoms with Crippen LogP contribution in [0.1, 0.15) is 16.1 Å². The summed E-state index contributed by atoms with van der Waals surface area (Å²) in [7, 11) is 1.63. The van der Waals surface area contributed by atoms with Crippen LogP contribution in [0.4, 0.5) is 0 Å². The zero-order chi connectivity index (χ0) is 16.9. The number of benzene rings is 2. The van der Waals surface area contributed by atoms with Crippen LogP contribution in [0, 0.1) is 0 Å². The van der Waals surface area contributed by atoms with Crippen molar-refractivity contribution >= 4 is 23.5 Å². The van der Waals surface area contributed by atoms with Gasteiger partial charge in [0.25, 0.3) is 0 Å². The van der Waals surface area contributed by atoms with Crippen LogP contribution >= 0.6 is 11.6 Å². The third-order valence-electron chi connectivity index (χ3n) is 3.53. The number of allylic oxidation sites excluding steroid dienone is 1. The van der Waals surface area contributed by atoms with Gasteiger partial charge in [-0.3, -0.25) is 4.79 Å². The first-order valence-electron chi connectivity index (χ1n) is 7.38. The summed E-state index contributed by atoms with van der Waals surface area (Å²) in [6.45, 7) is 0. The molecule has 3 nitrogen and oxygen atoms in total. The number of hydrogen-bond donors (Lipinski definition) is 0. The summed E-state index contributed by atoms with van der Waals surface area (Å²) < 4.78 is 10.9. The van der Waals surface area contributed by atoms with Crippen LogP contribution in [0.15, 0.2) is 71.2 Å². The summed E-state index contributed by atoms with van der Waals surface area (Å²) in [6.07, 6.45) is 3.14. The second kappa shape index (κ2) is 7.20. The molecule has 0 aliphatic rings. The van der Waals surface area contributed by atoms with Gasteiger partial charge in [0.05, 0.1) is 7.11 Å². The molecule has 3 rings (SSSR count). The summed E-state index contributed by atoms with van der Waals surface area (Å²) >= 11 is 5.82. The fourth-order valence-electron chi connectivity index (χ4n) is 2.22. The van der Waals surface area contributed by atoms with E-state index in [1.807, 2.05) is 36.4 Å². The monoisotopic (exact) mass is 338 g/mol. The first kappa shape index (κ1) is 16.1. The van der Waals surface area contributed by atoms with Gasteiger partial charge in [0.15, 0.2) is 5.78 Å². The van der Waals surface area contributed by atoms with Crippen LogP contribution < -0.4 is 4.74 Å². The number of ether oxygens (including phenoxy) is 1. The van der Waals surface area contributed by atoms with Gasteiger partial charge in [-0.1, -0.05) is 11.6 Å². The Hall–Kier alpha value is -2.78. The Balaban J connectivity index is 1.73. The van der Waals surface area contributed by atoms with Crippen LogP contribution in [0.3, 0.4) is 0 Å². The summed E-state index contributed by atoms with van der Waals surface area (Å²) in [4.78, 5) is 12.1. The Morgan fingerprint density at radius 1 is 1.00 bits per heavy atom. The van der Waals surface area contributed by atoms with Crippen LogP contribution in [0.5, 0.6) is 5.75 Å². The van der Waals surface area contributed by atoms with Gasteiger partial charge in [-0.05, 0) is 72.8 Å². The third-order valence-corrected chi connectivity index (χ3v) is 3.78. The van der Waals surface area contributed by atoms with Crippen molar-refractivity contribution in [2.24, 2.45) is 0 Å². The first-order chi connectivity index (χ1) is 11.7. The van der Waals surface area contributed by atoms with E-state index in [0.29, 0.717) is 16.3 Å². The van der Waals surface area contributed by atoms with Crippen molar-refractivity contribution in [1.29, 1.82) is 0 Å². The fraction of sp³-hybridized carbons (Fsp3) is 0.0500. The number of furan rings is 1. The third kappa shape index (κ3) is 3.76. The van der Waals surface area contributed by atoms with Crippen LogP contribution in [0.2, 0.25) is 5.02 Å². The van der Waals surface area contributed by atoms with Gasteiger partial charge in [-0.15, -0.1) is 0 Å². The molecule has 3 aromatic rings.